The summed E-state index contributed by atoms with van der Waals surface area (Å²) in [5, 5.41) is 3.63. The van der Waals surface area contributed by atoms with Gasteiger partial charge in [-0.15, -0.1) is 0 Å². The Morgan fingerprint density at radius 1 is 1.19 bits per heavy atom. The van der Waals surface area contributed by atoms with Gasteiger partial charge in [-0.1, -0.05) is 12.1 Å². The van der Waals surface area contributed by atoms with Gasteiger partial charge in [-0.25, -0.2) is 9.18 Å². The number of aryl methyl sites for hydroxylation is 1. The summed E-state index contributed by atoms with van der Waals surface area (Å²) in [7, 11) is 2.85. The van der Waals surface area contributed by atoms with Crippen molar-refractivity contribution in [2.75, 3.05) is 25.2 Å². The Bertz CT molecular complexity index is 1610. The van der Waals surface area contributed by atoms with Crippen LogP contribution in [0.25, 0.3) is 22.3 Å². The summed E-state index contributed by atoms with van der Waals surface area (Å²) >= 11 is 0. The van der Waals surface area contributed by atoms with Gasteiger partial charge >= 0.3 is 5.97 Å². The Morgan fingerprint density at radius 3 is 2.65 bits per heavy atom. The first kappa shape index (κ1) is 25.6. The quantitative estimate of drug-likeness (QED) is 0.196. The van der Waals surface area contributed by atoms with E-state index >= 15 is 0 Å². The van der Waals surface area contributed by atoms with Gasteiger partial charge in [-0.3, -0.25) is 9.79 Å². The highest BCUT2D eigenvalue weighted by Crippen LogP contribution is 2.33. The molecule has 0 unspecified atom stereocenters. The van der Waals surface area contributed by atoms with Crippen molar-refractivity contribution in [2.45, 2.75) is 26.8 Å². The second kappa shape index (κ2) is 10.3. The zero-order valence-electron chi connectivity index (χ0n) is 21.3. The van der Waals surface area contributed by atoms with Crippen LogP contribution in [-0.2, 0) is 4.74 Å². The first-order valence-electron chi connectivity index (χ1n) is 11.7. The highest BCUT2D eigenvalue weighted by atomic mass is 19.1. The Kier molecular flexibility index (Phi) is 7.11. The molecule has 0 aliphatic heterocycles. The predicted octanol–water partition coefficient (Wildman–Crippen LogP) is 5.81. The van der Waals surface area contributed by atoms with Crippen molar-refractivity contribution < 1.29 is 18.3 Å². The van der Waals surface area contributed by atoms with Gasteiger partial charge in [0.15, 0.2) is 5.43 Å². The smallest absolute Gasteiger partial charge is 0.342 e. The third-order valence-electron chi connectivity index (χ3n) is 6.25. The number of halogens is 1. The van der Waals surface area contributed by atoms with E-state index in [0.29, 0.717) is 44.7 Å². The molecule has 1 aromatic heterocycles. The second-order valence-electron chi connectivity index (χ2n) is 8.87. The van der Waals surface area contributed by atoms with Gasteiger partial charge in [0.05, 0.1) is 24.2 Å². The lowest BCUT2D eigenvalue weighted by molar-refractivity contribution is 0.0596. The van der Waals surface area contributed by atoms with Crippen LogP contribution in [0.15, 0.2) is 62.7 Å². The second-order valence-corrected chi connectivity index (χ2v) is 8.87. The van der Waals surface area contributed by atoms with Crippen molar-refractivity contribution in [2.24, 2.45) is 4.99 Å². The molecule has 3 aromatic carbocycles. The van der Waals surface area contributed by atoms with Crippen LogP contribution in [0.1, 0.15) is 45.6 Å². The number of nitrogens with one attached hydrogen (secondary N) is 1. The zero-order chi connectivity index (χ0) is 26.9. The van der Waals surface area contributed by atoms with E-state index < -0.39 is 17.8 Å². The highest BCUT2D eigenvalue weighted by Gasteiger charge is 2.22. The number of nitrogens with two attached hydrogens (primary N) is 1. The Hall–Kier alpha value is -4.46. The Balaban J connectivity index is 1.90. The highest BCUT2D eigenvalue weighted by molar-refractivity contribution is 5.96. The van der Waals surface area contributed by atoms with Crippen LogP contribution in [0.3, 0.4) is 0 Å². The lowest BCUT2D eigenvalue weighted by Gasteiger charge is -2.20. The number of aliphatic imine (C=N–C) groups is 1. The third-order valence-corrected chi connectivity index (χ3v) is 6.25. The van der Waals surface area contributed by atoms with Gasteiger partial charge in [0.25, 0.3) is 0 Å². The maximum Gasteiger partial charge on any atom is 0.342 e. The molecule has 1 heterocycles. The van der Waals surface area contributed by atoms with Crippen LogP contribution in [0.2, 0.25) is 0 Å². The monoisotopic (exact) mass is 501 g/mol. The topological polar surface area (TPSA) is 107 Å². The first-order valence-corrected chi connectivity index (χ1v) is 11.7. The van der Waals surface area contributed by atoms with E-state index in [2.05, 4.69) is 10.3 Å². The lowest BCUT2D eigenvalue weighted by Crippen LogP contribution is -2.15. The molecular weight excluding hydrogens is 473 g/mol. The van der Waals surface area contributed by atoms with Crippen molar-refractivity contribution in [1.29, 1.82) is 0 Å². The van der Waals surface area contributed by atoms with E-state index in [-0.39, 0.29) is 16.7 Å². The minimum absolute atomic E-state index is 0.156. The molecule has 0 fully saturated rings. The molecule has 0 aliphatic rings. The molecule has 7 nitrogen and oxygen atoms in total. The molecule has 0 spiro atoms. The number of carbonyl (C=O) groups is 1. The SMILES string of the molecule is CN=Cc1cc(-c2oc3c([C@@H](C)Nc4cccc(F)c4C(=O)OC)cc(C)cc3c(=O)c2C)ccc1N. The number of hydrogen-bond acceptors (Lipinski definition) is 7. The predicted molar refractivity (Wildman–Crippen MR) is 145 cm³/mol. The maximum absolute atomic E-state index is 14.5. The number of methoxy groups -OCH3 is 1. The summed E-state index contributed by atoms with van der Waals surface area (Å²) in [6.45, 7) is 5.46. The van der Waals surface area contributed by atoms with Crippen LogP contribution in [0, 0.1) is 19.7 Å². The van der Waals surface area contributed by atoms with Crippen LogP contribution in [0.5, 0.6) is 0 Å². The molecule has 0 amide bonds. The molecule has 0 bridgehead atoms. The standard InChI is InChI=1S/C29H28FN3O4/c1-15-11-20(17(3)33-24-8-6-7-22(30)25(24)29(35)36-5)28-21(12-15)26(34)16(2)27(37-28)18-9-10-23(31)19(13-18)14-32-4/h6-14,17,33H,31H2,1-5H3/t17-/m1/s1. The van der Waals surface area contributed by atoms with E-state index in [1.807, 2.05) is 26.0 Å². The molecule has 0 radical (unpaired) electrons. The normalized spacial score (nSPS) is 12.2. The fourth-order valence-electron chi connectivity index (χ4n) is 4.40. The zero-order valence-corrected chi connectivity index (χ0v) is 21.3. The number of nitrogen functional groups attached to an aromatic ring is 1. The van der Waals surface area contributed by atoms with Crippen molar-refractivity contribution in [3.8, 4) is 11.3 Å². The van der Waals surface area contributed by atoms with Gasteiger partial charge in [0.1, 0.15) is 22.7 Å². The number of esters is 1. The maximum atomic E-state index is 14.5. The number of benzene rings is 3. The summed E-state index contributed by atoms with van der Waals surface area (Å²) in [5.41, 5.74) is 10.3. The number of fused-ring (bicyclic) bond motifs is 1. The Morgan fingerprint density at radius 2 is 1.95 bits per heavy atom. The van der Waals surface area contributed by atoms with Crippen LogP contribution in [0.4, 0.5) is 15.8 Å². The number of carbonyl (C=O) groups excluding carboxylic acids is 1. The van der Waals surface area contributed by atoms with Crippen molar-refractivity contribution in [1.82, 2.24) is 0 Å². The summed E-state index contributed by atoms with van der Waals surface area (Å²) < 4.78 is 25.7. The third kappa shape index (κ3) is 4.82. The summed E-state index contributed by atoms with van der Waals surface area (Å²) in [4.78, 5) is 29.8. The van der Waals surface area contributed by atoms with E-state index in [0.717, 1.165) is 5.56 Å². The van der Waals surface area contributed by atoms with Gasteiger partial charge in [0, 0.05) is 41.2 Å². The first-order chi connectivity index (χ1) is 17.7. The van der Waals surface area contributed by atoms with Gasteiger partial charge in [0.2, 0.25) is 0 Å². The molecule has 4 aromatic rings. The molecule has 0 aliphatic carbocycles. The van der Waals surface area contributed by atoms with Crippen molar-refractivity contribution in [3.05, 3.63) is 92.4 Å². The number of anilines is 2. The summed E-state index contributed by atoms with van der Waals surface area (Å²) in [6, 6.07) is 12.9. The van der Waals surface area contributed by atoms with Crippen LogP contribution in [-0.4, -0.2) is 26.3 Å². The molecule has 8 heteroatoms. The molecular formula is C29H28FN3O4. The van der Waals surface area contributed by atoms with E-state index in [1.165, 1.54) is 19.2 Å². The molecule has 4 rings (SSSR count). The van der Waals surface area contributed by atoms with Gasteiger partial charge < -0.3 is 20.2 Å². The average molecular weight is 502 g/mol. The van der Waals surface area contributed by atoms with Gasteiger partial charge in [-0.2, -0.15) is 0 Å². The number of nitrogens with zero attached hydrogens (tertiary/aromatic N) is 1. The molecule has 0 saturated carbocycles. The summed E-state index contributed by atoms with van der Waals surface area (Å²) in [5.74, 6) is -1.07. The number of hydrogen-bond donors (Lipinski definition) is 2. The molecule has 190 valence electrons. The number of rotatable bonds is 6. The van der Waals surface area contributed by atoms with Crippen molar-refractivity contribution in [3.63, 3.8) is 0 Å². The van der Waals surface area contributed by atoms with E-state index in [1.54, 1.807) is 44.5 Å². The summed E-state index contributed by atoms with van der Waals surface area (Å²) in [6.07, 6.45) is 1.64. The van der Waals surface area contributed by atoms with E-state index in [4.69, 9.17) is 14.9 Å². The molecule has 3 N–H and O–H groups in total. The van der Waals surface area contributed by atoms with Crippen molar-refractivity contribution >= 4 is 34.5 Å². The molecule has 0 saturated heterocycles. The van der Waals surface area contributed by atoms with Crippen LogP contribution < -0.4 is 16.5 Å². The van der Waals surface area contributed by atoms with E-state index in [9.17, 15) is 14.0 Å². The fraction of sp³-hybridized carbons (Fsp3) is 0.207. The average Bonchev–Trinajstić information content (AvgIpc) is 2.87. The lowest BCUT2D eigenvalue weighted by atomic mass is 9.98. The Labute approximate surface area is 213 Å². The molecule has 1 atom stereocenters. The fourth-order valence-corrected chi connectivity index (χ4v) is 4.40. The number of ether oxygens (including phenoxy) is 1. The van der Waals surface area contributed by atoms with Gasteiger partial charge in [-0.05, 0) is 62.7 Å². The van der Waals surface area contributed by atoms with Crippen LogP contribution >= 0.6 is 0 Å². The minimum Gasteiger partial charge on any atom is -0.465 e. The molecule has 37 heavy (non-hydrogen) atoms. The minimum atomic E-state index is -0.791. The largest absolute Gasteiger partial charge is 0.465 e.